The van der Waals surface area contributed by atoms with Crippen LogP contribution in [0.15, 0.2) is 12.3 Å². The fourth-order valence-corrected chi connectivity index (χ4v) is 2.07. The highest BCUT2D eigenvalue weighted by atomic mass is 32.2. The zero-order chi connectivity index (χ0) is 12.7. The highest BCUT2D eigenvalue weighted by Crippen LogP contribution is 2.15. The van der Waals surface area contributed by atoms with Gasteiger partial charge in [-0.2, -0.15) is 16.7 Å². The Morgan fingerprint density at radius 3 is 2.88 bits per heavy atom. The minimum atomic E-state index is 0.152. The fourth-order valence-electron chi connectivity index (χ4n) is 1.45. The molecule has 96 valence electrons. The van der Waals surface area contributed by atoms with Crippen LogP contribution < -0.4 is 10.6 Å². The number of aliphatic hydroxyl groups excluding tert-OH is 1. The number of nitrogens with zero attached hydrogens (tertiary/aromatic N) is 2. The van der Waals surface area contributed by atoms with E-state index < -0.39 is 0 Å². The molecule has 0 aliphatic rings. The molecule has 5 nitrogen and oxygen atoms in total. The van der Waals surface area contributed by atoms with Gasteiger partial charge in [-0.3, -0.25) is 0 Å². The summed E-state index contributed by atoms with van der Waals surface area (Å²) in [4.78, 5) is 8.43. The van der Waals surface area contributed by atoms with Crippen LogP contribution >= 0.6 is 11.8 Å². The van der Waals surface area contributed by atoms with Crippen molar-refractivity contribution in [2.75, 3.05) is 30.0 Å². The standard InChI is InChI=1S/C11H20N4OS/c1-4-12-11-13-6-5-10(15-11)14-8(2)9(7-16)17-3/h5-6,8-9,16H,4,7H2,1-3H3,(H2,12,13,14,15). The second-order valence-corrected chi connectivity index (χ2v) is 4.76. The van der Waals surface area contributed by atoms with Crippen molar-refractivity contribution < 1.29 is 5.11 Å². The summed E-state index contributed by atoms with van der Waals surface area (Å²) in [7, 11) is 0. The van der Waals surface area contributed by atoms with Gasteiger partial charge < -0.3 is 15.7 Å². The Balaban J connectivity index is 2.63. The lowest BCUT2D eigenvalue weighted by atomic mass is 10.2. The zero-order valence-electron chi connectivity index (χ0n) is 10.5. The third-order valence-electron chi connectivity index (χ3n) is 2.41. The summed E-state index contributed by atoms with van der Waals surface area (Å²) in [5.41, 5.74) is 0. The van der Waals surface area contributed by atoms with E-state index in [9.17, 15) is 5.11 Å². The molecule has 1 rings (SSSR count). The third-order valence-corrected chi connectivity index (χ3v) is 3.57. The van der Waals surface area contributed by atoms with Crippen LogP contribution in [0.4, 0.5) is 11.8 Å². The summed E-state index contributed by atoms with van der Waals surface area (Å²) >= 11 is 1.64. The predicted octanol–water partition coefficient (Wildman–Crippen LogP) is 1.43. The Bertz CT molecular complexity index is 333. The Morgan fingerprint density at radius 2 is 2.29 bits per heavy atom. The maximum Gasteiger partial charge on any atom is 0.224 e. The molecule has 0 saturated carbocycles. The molecule has 0 aliphatic carbocycles. The summed E-state index contributed by atoms with van der Waals surface area (Å²) in [5, 5.41) is 15.7. The van der Waals surface area contributed by atoms with Gasteiger partial charge in [-0.05, 0) is 26.2 Å². The van der Waals surface area contributed by atoms with E-state index in [4.69, 9.17) is 0 Å². The lowest BCUT2D eigenvalue weighted by molar-refractivity contribution is 0.288. The van der Waals surface area contributed by atoms with Crippen LogP contribution in [0.3, 0.4) is 0 Å². The monoisotopic (exact) mass is 256 g/mol. The zero-order valence-corrected chi connectivity index (χ0v) is 11.3. The number of hydrogen-bond acceptors (Lipinski definition) is 6. The van der Waals surface area contributed by atoms with Gasteiger partial charge in [0.1, 0.15) is 5.82 Å². The van der Waals surface area contributed by atoms with Gasteiger partial charge in [-0.25, -0.2) is 4.98 Å². The predicted molar refractivity (Wildman–Crippen MR) is 73.7 cm³/mol. The maximum absolute atomic E-state index is 9.21. The Hall–Kier alpha value is -1.01. The molecule has 1 heterocycles. The normalized spacial score (nSPS) is 14.1. The van der Waals surface area contributed by atoms with Crippen LogP contribution in [0.5, 0.6) is 0 Å². The topological polar surface area (TPSA) is 70.1 Å². The Morgan fingerprint density at radius 1 is 1.53 bits per heavy atom. The van der Waals surface area contributed by atoms with Crippen molar-refractivity contribution in [1.29, 1.82) is 0 Å². The molecule has 0 aromatic carbocycles. The molecule has 1 aromatic rings. The molecule has 2 atom stereocenters. The second-order valence-electron chi connectivity index (χ2n) is 3.69. The van der Waals surface area contributed by atoms with Crippen LogP contribution in [0.25, 0.3) is 0 Å². The van der Waals surface area contributed by atoms with E-state index in [-0.39, 0.29) is 17.9 Å². The smallest absolute Gasteiger partial charge is 0.224 e. The molecule has 17 heavy (non-hydrogen) atoms. The van der Waals surface area contributed by atoms with Crippen LogP contribution in [-0.2, 0) is 0 Å². The first-order valence-corrected chi connectivity index (χ1v) is 6.97. The van der Waals surface area contributed by atoms with Gasteiger partial charge in [0.05, 0.1) is 6.61 Å². The number of aromatic nitrogens is 2. The fraction of sp³-hybridized carbons (Fsp3) is 0.636. The molecule has 0 spiro atoms. The Labute approximate surface area is 106 Å². The Kier molecular flexibility index (Phi) is 6.07. The van der Waals surface area contributed by atoms with Gasteiger partial charge in [0, 0.05) is 24.0 Å². The number of aliphatic hydroxyl groups is 1. The van der Waals surface area contributed by atoms with Gasteiger partial charge in [-0.1, -0.05) is 0 Å². The molecular weight excluding hydrogens is 236 g/mol. The van der Waals surface area contributed by atoms with E-state index >= 15 is 0 Å². The minimum absolute atomic E-state index is 0.152. The number of rotatable bonds is 7. The molecule has 0 amide bonds. The van der Waals surface area contributed by atoms with Crippen LogP contribution in [0, 0.1) is 0 Å². The molecule has 0 saturated heterocycles. The van der Waals surface area contributed by atoms with Crippen LogP contribution in [0.2, 0.25) is 0 Å². The van der Waals surface area contributed by atoms with Crippen molar-refractivity contribution in [3.05, 3.63) is 12.3 Å². The lowest BCUT2D eigenvalue weighted by Gasteiger charge is -2.21. The highest BCUT2D eigenvalue weighted by Gasteiger charge is 2.15. The molecular formula is C11H20N4OS. The first kappa shape index (κ1) is 14.1. The molecule has 6 heteroatoms. The van der Waals surface area contributed by atoms with E-state index in [1.165, 1.54) is 0 Å². The first-order valence-electron chi connectivity index (χ1n) is 5.68. The molecule has 0 radical (unpaired) electrons. The molecule has 0 aliphatic heterocycles. The van der Waals surface area contributed by atoms with Crippen molar-refractivity contribution in [2.45, 2.75) is 25.1 Å². The SMILES string of the molecule is CCNc1nccc(NC(C)C(CO)SC)n1. The van der Waals surface area contributed by atoms with Crippen molar-refractivity contribution in [3.63, 3.8) is 0 Å². The summed E-state index contributed by atoms with van der Waals surface area (Å²) in [6.45, 7) is 4.98. The summed E-state index contributed by atoms with van der Waals surface area (Å²) in [6, 6.07) is 1.98. The van der Waals surface area contributed by atoms with Gasteiger partial charge in [0.15, 0.2) is 0 Å². The highest BCUT2D eigenvalue weighted by molar-refractivity contribution is 7.99. The minimum Gasteiger partial charge on any atom is -0.395 e. The first-order chi connectivity index (χ1) is 8.21. The van der Waals surface area contributed by atoms with Gasteiger partial charge in [-0.15, -0.1) is 0 Å². The quantitative estimate of drug-likeness (QED) is 0.685. The van der Waals surface area contributed by atoms with Gasteiger partial charge in [0.2, 0.25) is 5.95 Å². The largest absolute Gasteiger partial charge is 0.395 e. The van der Waals surface area contributed by atoms with Crippen molar-refractivity contribution in [1.82, 2.24) is 9.97 Å². The number of nitrogens with one attached hydrogen (secondary N) is 2. The van der Waals surface area contributed by atoms with Crippen molar-refractivity contribution >= 4 is 23.5 Å². The molecule has 1 aromatic heterocycles. The third kappa shape index (κ3) is 4.40. The second kappa shape index (κ2) is 7.34. The van der Waals surface area contributed by atoms with Gasteiger partial charge in [0.25, 0.3) is 0 Å². The summed E-state index contributed by atoms with van der Waals surface area (Å²) in [5.74, 6) is 1.39. The molecule has 3 N–H and O–H groups in total. The van der Waals surface area contributed by atoms with Crippen molar-refractivity contribution in [3.8, 4) is 0 Å². The lowest BCUT2D eigenvalue weighted by Crippen LogP contribution is -2.31. The van der Waals surface area contributed by atoms with Crippen molar-refractivity contribution in [2.24, 2.45) is 0 Å². The average molecular weight is 256 g/mol. The van der Waals surface area contributed by atoms with E-state index in [0.29, 0.717) is 5.95 Å². The number of thioether (sulfide) groups is 1. The molecule has 0 bridgehead atoms. The average Bonchev–Trinajstić information content (AvgIpc) is 2.31. The number of anilines is 2. The van der Waals surface area contributed by atoms with E-state index in [2.05, 4.69) is 20.6 Å². The summed E-state index contributed by atoms with van der Waals surface area (Å²) in [6.07, 6.45) is 3.70. The van der Waals surface area contributed by atoms with Gasteiger partial charge >= 0.3 is 0 Å². The summed E-state index contributed by atoms with van der Waals surface area (Å²) < 4.78 is 0. The van der Waals surface area contributed by atoms with Crippen LogP contribution in [-0.4, -0.2) is 45.8 Å². The van der Waals surface area contributed by atoms with Crippen LogP contribution in [0.1, 0.15) is 13.8 Å². The van der Waals surface area contributed by atoms with E-state index in [1.54, 1.807) is 18.0 Å². The molecule has 0 fully saturated rings. The molecule has 2 unspecified atom stereocenters. The van der Waals surface area contributed by atoms with E-state index in [1.807, 2.05) is 26.2 Å². The number of hydrogen-bond donors (Lipinski definition) is 3. The maximum atomic E-state index is 9.21. The van der Waals surface area contributed by atoms with E-state index in [0.717, 1.165) is 12.4 Å².